The van der Waals surface area contributed by atoms with Gasteiger partial charge in [0.05, 0.1) is 5.56 Å². The van der Waals surface area contributed by atoms with E-state index in [2.05, 4.69) is 0 Å². The average molecular weight is 278 g/mol. The van der Waals surface area contributed by atoms with Gasteiger partial charge in [-0.3, -0.25) is 0 Å². The monoisotopic (exact) mass is 278 g/mol. The summed E-state index contributed by atoms with van der Waals surface area (Å²) in [7, 11) is 0. The molecular weight excluding hydrogens is 266 g/mol. The van der Waals surface area contributed by atoms with Gasteiger partial charge in [-0.05, 0) is 42.8 Å². The lowest BCUT2D eigenvalue weighted by Crippen LogP contribution is -2.07. The van der Waals surface area contributed by atoms with Crippen LogP contribution in [-0.4, -0.2) is 11.1 Å². The number of hydrogen-bond donors (Lipinski definition) is 1. The maximum atomic E-state index is 13.5. The summed E-state index contributed by atoms with van der Waals surface area (Å²) < 4.78 is 31.9. The highest BCUT2D eigenvalue weighted by Crippen LogP contribution is 2.21. The number of carboxylic acids is 1. The van der Waals surface area contributed by atoms with Crippen LogP contribution in [0, 0.1) is 18.6 Å². The standard InChI is InChI=1S/C15H12F2O3/c1-9-2-5-13(17)14(6-9)20-8-10-7-11(16)3-4-12(10)15(18)19/h2-7H,8H2,1H3,(H,18,19). The third kappa shape index (κ3) is 3.12. The minimum atomic E-state index is -1.19. The van der Waals surface area contributed by atoms with Crippen LogP contribution in [0.1, 0.15) is 21.5 Å². The van der Waals surface area contributed by atoms with Gasteiger partial charge >= 0.3 is 5.97 Å². The van der Waals surface area contributed by atoms with Gasteiger partial charge in [-0.1, -0.05) is 6.07 Å². The molecule has 0 aliphatic rings. The Balaban J connectivity index is 2.24. The molecule has 5 heteroatoms. The highest BCUT2D eigenvalue weighted by molar-refractivity contribution is 5.89. The highest BCUT2D eigenvalue weighted by atomic mass is 19.1. The Morgan fingerprint density at radius 1 is 1.20 bits per heavy atom. The van der Waals surface area contributed by atoms with Crippen LogP contribution < -0.4 is 4.74 Å². The van der Waals surface area contributed by atoms with Crippen LogP contribution in [0.15, 0.2) is 36.4 Å². The molecule has 0 radical (unpaired) electrons. The van der Waals surface area contributed by atoms with E-state index in [1.54, 1.807) is 13.0 Å². The average Bonchev–Trinajstić information content (AvgIpc) is 2.39. The van der Waals surface area contributed by atoms with Gasteiger partial charge in [0, 0.05) is 5.56 Å². The molecule has 0 spiro atoms. The zero-order chi connectivity index (χ0) is 14.7. The van der Waals surface area contributed by atoms with E-state index in [0.717, 1.165) is 23.8 Å². The summed E-state index contributed by atoms with van der Waals surface area (Å²) in [6.45, 7) is 1.55. The fourth-order valence-corrected chi connectivity index (χ4v) is 1.77. The predicted molar refractivity (Wildman–Crippen MR) is 68.8 cm³/mol. The molecule has 0 fully saturated rings. The Morgan fingerprint density at radius 3 is 2.65 bits per heavy atom. The van der Waals surface area contributed by atoms with Gasteiger partial charge in [0.2, 0.25) is 0 Å². The summed E-state index contributed by atoms with van der Waals surface area (Å²) in [5.74, 6) is -2.30. The number of rotatable bonds is 4. The van der Waals surface area contributed by atoms with E-state index < -0.39 is 17.6 Å². The maximum absolute atomic E-state index is 13.5. The molecule has 0 heterocycles. The molecule has 0 amide bonds. The van der Waals surface area contributed by atoms with Crippen LogP contribution in [-0.2, 0) is 6.61 Å². The molecule has 0 aromatic heterocycles. The molecular formula is C15H12F2O3. The van der Waals surface area contributed by atoms with Crippen molar-refractivity contribution in [3.8, 4) is 5.75 Å². The molecule has 0 aliphatic heterocycles. The summed E-state index contributed by atoms with van der Waals surface area (Å²) in [6.07, 6.45) is 0. The first-order valence-electron chi connectivity index (χ1n) is 5.88. The molecule has 2 rings (SSSR count). The topological polar surface area (TPSA) is 46.5 Å². The van der Waals surface area contributed by atoms with Gasteiger partial charge in [-0.2, -0.15) is 0 Å². The van der Waals surface area contributed by atoms with Gasteiger partial charge in [-0.25, -0.2) is 13.6 Å². The Hall–Kier alpha value is -2.43. The van der Waals surface area contributed by atoms with Crippen molar-refractivity contribution < 1.29 is 23.4 Å². The number of aryl methyl sites for hydroxylation is 1. The van der Waals surface area contributed by atoms with E-state index in [0.29, 0.717) is 0 Å². The van der Waals surface area contributed by atoms with Crippen LogP contribution in [0.2, 0.25) is 0 Å². The van der Waals surface area contributed by atoms with Crippen LogP contribution in [0.4, 0.5) is 8.78 Å². The van der Waals surface area contributed by atoms with Crippen LogP contribution in [0.5, 0.6) is 5.75 Å². The van der Waals surface area contributed by atoms with E-state index in [9.17, 15) is 13.6 Å². The van der Waals surface area contributed by atoms with Crippen molar-refractivity contribution in [2.75, 3.05) is 0 Å². The lowest BCUT2D eigenvalue weighted by molar-refractivity contribution is 0.0694. The molecule has 2 aromatic carbocycles. The molecule has 0 atom stereocenters. The molecule has 1 N–H and O–H groups in total. The van der Waals surface area contributed by atoms with Gasteiger partial charge in [0.15, 0.2) is 11.6 Å². The summed E-state index contributed by atoms with van der Waals surface area (Å²) in [4.78, 5) is 11.0. The first kappa shape index (κ1) is 14.0. The second-order valence-electron chi connectivity index (χ2n) is 4.33. The van der Waals surface area contributed by atoms with Gasteiger partial charge in [0.1, 0.15) is 12.4 Å². The fourth-order valence-electron chi connectivity index (χ4n) is 1.77. The van der Waals surface area contributed by atoms with Gasteiger partial charge in [-0.15, -0.1) is 0 Å². The van der Waals surface area contributed by atoms with Gasteiger partial charge < -0.3 is 9.84 Å². The number of hydrogen-bond acceptors (Lipinski definition) is 2. The van der Waals surface area contributed by atoms with E-state index in [4.69, 9.17) is 9.84 Å². The fraction of sp³-hybridized carbons (Fsp3) is 0.133. The summed E-state index contributed by atoms with van der Waals surface area (Å²) in [5, 5.41) is 9.00. The Labute approximate surface area is 114 Å². The highest BCUT2D eigenvalue weighted by Gasteiger charge is 2.12. The maximum Gasteiger partial charge on any atom is 0.336 e. The lowest BCUT2D eigenvalue weighted by Gasteiger charge is -2.10. The summed E-state index contributed by atoms with van der Waals surface area (Å²) >= 11 is 0. The number of aromatic carboxylic acids is 1. The van der Waals surface area contributed by atoms with Crippen LogP contribution in [0.3, 0.4) is 0 Å². The number of carbonyl (C=O) groups is 1. The summed E-state index contributed by atoms with van der Waals surface area (Å²) in [5.41, 5.74) is 0.886. The molecule has 0 saturated carbocycles. The molecule has 0 aliphatic carbocycles. The third-order valence-electron chi connectivity index (χ3n) is 2.77. The summed E-state index contributed by atoms with van der Waals surface area (Å²) in [6, 6.07) is 7.62. The van der Waals surface area contributed by atoms with Crippen molar-refractivity contribution in [2.45, 2.75) is 13.5 Å². The first-order chi connectivity index (χ1) is 9.47. The second-order valence-corrected chi connectivity index (χ2v) is 4.33. The largest absolute Gasteiger partial charge is 0.486 e. The van der Waals surface area contributed by atoms with E-state index in [1.807, 2.05) is 0 Å². The van der Waals surface area contributed by atoms with E-state index in [-0.39, 0.29) is 23.5 Å². The lowest BCUT2D eigenvalue weighted by atomic mass is 10.1. The molecule has 0 unspecified atom stereocenters. The van der Waals surface area contributed by atoms with Gasteiger partial charge in [0.25, 0.3) is 0 Å². The quantitative estimate of drug-likeness (QED) is 0.930. The normalized spacial score (nSPS) is 10.3. The minimum absolute atomic E-state index is 0.00519. The molecule has 0 saturated heterocycles. The smallest absolute Gasteiger partial charge is 0.336 e. The Kier molecular flexibility index (Phi) is 3.98. The van der Waals surface area contributed by atoms with E-state index >= 15 is 0 Å². The Bertz CT molecular complexity index is 654. The Morgan fingerprint density at radius 2 is 1.95 bits per heavy atom. The molecule has 3 nitrogen and oxygen atoms in total. The SMILES string of the molecule is Cc1ccc(F)c(OCc2cc(F)ccc2C(=O)O)c1. The number of benzene rings is 2. The van der Waals surface area contributed by atoms with Crippen molar-refractivity contribution in [1.29, 1.82) is 0 Å². The molecule has 2 aromatic rings. The number of carboxylic acid groups (broad SMARTS) is 1. The number of halogens is 2. The zero-order valence-corrected chi connectivity index (χ0v) is 10.7. The zero-order valence-electron chi connectivity index (χ0n) is 10.7. The first-order valence-corrected chi connectivity index (χ1v) is 5.88. The molecule has 0 bridgehead atoms. The van der Waals surface area contributed by atoms with Crippen molar-refractivity contribution >= 4 is 5.97 Å². The van der Waals surface area contributed by atoms with Crippen LogP contribution >= 0.6 is 0 Å². The van der Waals surface area contributed by atoms with Crippen molar-refractivity contribution in [1.82, 2.24) is 0 Å². The van der Waals surface area contributed by atoms with Crippen molar-refractivity contribution in [3.05, 3.63) is 64.7 Å². The second kappa shape index (κ2) is 5.69. The predicted octanol–water partition coefficient (Wildman–Crippen LogP) is 3.55. The van der Waals surface area contributed by atoms with E-state index in [1.165, 1.54) is 12.1 Å². The third-order valence-corrected chi connectivity index (χ3v) is 2.77. The van der Waals surface area contributed by atoms with Crippen LogP contribution in [0.25, 0.3) is 0 Å². The molecule has 20 heavy (non-hydrogen) atoms. The van der Waals surface area contributed by atoms with Crippen molar-refractivity contribution in [3.63, 3.8) is 0 Å². The molecule has 104 valence electrons. The van der Waals surface area contributed by atoms with Crippen molar-refractivity contribution in [2.24, 2.45) is 0 Å². The number of ether oxygens (including phenoxy) is 1. The minimum Gasteiger partial charge on any atom is -0.486 e.